The third kappa shape index (κ3) is 3.60. The number of para-hydroxylation sites is 3. The molecule has 0 saturated carbocycles. The van der Waals surface area contributed by atoms with Crippen molar-refractivity contribution in [2.24, 2.45) is 0 Å². The minimum atomic E-state index is -3.77. The lowest BCUT2D eigenvalue weighted by Crippen LogP contribution is -2.03. The molecule has 43 heavy (non-hydrogen) atoms. The van der Waals surface area contributed by atoms with Gasteiger partial charge in [-0.15, -0.1) is 0 Å². The number of hydrogen-bond donors (Lipinski definition) is 0. The van der Waals surface area contributed by atoms with E-state index >= 15 is 0 Å². The largest absolute Gasteiger partial charge is 0.422 e. The van der Waals surface area contributed by atoms with Crippen molar-refractivity contribution in [2.45, 2.75) is 16.7 Å². The van der Waals surface area contributed by atoms with Gasteiger partial charge in [0.05, 0.1) is 43.2 Å². The molecule has 0 aliphatic carbocycles. The lowest BCUT2D eigenvalue weighted by molar-refractivity contribution is 0.596. The van der Waals surface area contributed by atoms with Gasteiger partial charge in [-0.05, 0) is 79.2 Å². The summed E-state index contributed by atoms with van der Waals surface area (Å²) < 4.78 is 37.9. The zero-order chi connectivity index (χ0) is 29.3. The SMILES string of the molecule is Cc1cc(S(=O)(=O)c2ccc(-n3c4ccccc4c4c5c6ccccc6n(-c6ccccc6)c5oc43)cc2)ccc1C#N. The zero-order valence-electron chi connectivity index (χ0n) is 23.0. The van der Waals surface area contributed by atoms with Crippen LogP contribution in [0.1, 0.15) is 11.1 Å². The average molecular weight is 578 g/mol. The van der Waals surface area contributed by atoms with Crippen LogP contribution in [-0.2, 0) is 9.84 Å². The molecule has 5 aromatic carbocycles. The number of nitriles is 1. The van der Waals surface area contributed by atoms with Gasteiger partial charge in [-0.1, -0.05) is 54.6 Å². The van der Waals surface area contributed by atoms with Gasteiger partial charge in [-0.25, -0.2) is 8.42 Å². The van der Waals surface area contributed by atoms with Gasteiger partial charge in [0.25, 0.3) is 0 Å². The lowest BCUT2D eigenvalue weighted by Gasteiger charge is -2.10. The van der Waals surface area contributed by atoms with Gasteiger partial charge in [-0.3, -0.25) is 9.13 Å². The highest BCUT2D eigenvalue weighted by Gasteiger charge is 2.25. The number of nitrogens with zero attached hydrogens (tertiary/aromatic N) is 3. The summed E-state index contributed by atoms with van der Waals surface area (Å²) >= 11 is 0. The first-order chi connectivity index (χ1) is 21.0. The van der Waals surface area contributed by atoms with Crippen LogP contribution in [0.3, 0.4) is 0 Å². The number of fused-ring (bicyclic) bond motifs is 7. The second-order valence-electron chi connectivity index (χ2n) is 10.6. The second kappa shape index (κ2) is 9.21. The summed E-state index contributed by atoms with van der Waals surface area (Å²) in [5.74, 6) is 0. The Kier molecular flexibility index (Phi) is 5.39. The van der Waals surface area contributed by atoms with Crippen molar-refractivity contribution < 1.29 is 12.8 Å². The summed E-state index contributed by atoms with van der Waals surface area (Å²) in [7, 11) is -3.77. The first-order valence-corrected chi connectivity index (χ1v) is 15.3. The molecule has 7 heteroatoms. The molecule has 0 aliphatic heterocycles. The van der Waals surface area contributed by atoms with E-state index < -0.39 is 9.84 Å². The van der Waals surface area contributed by atoms with Crippen molar-refractivity contribution in [3.8, 4) is 17.4 Å². The first-order valence-electron chi connectivity index (χ1n) is 13.8. The fraction of sp³-hybridized carbons (Fsp3) is 0.0278. The molecular formula is C36H23N3O3S. The fourth-order valence-corrected chi connectivity index (χ4v) is 7.48. The normalized spacial score (nSPS) is 12.0. The molecule has 3 heterocycles. The Labute approximate surface area is 247 Å². The first kappa shape index (κ1) is 25.2. The van der Waals surface area contributed by atoms with Crippen LogP contribution in [0.2, 0.25) is 0 Å². The quantitative estimate of drug-likeness (QED) is 0.210. The summed E-state index contributed by atoms with van der Waals surface area (Å²) in [6.45, 7) is 1.74. The van der Waals surface area contributed by atoms with E-state index in [1.807, 2.05) is 54.6 Å². The van der Waals surface area contributed by atoms with E-state index in [1.54, 1.807) is 31.2 Å². The standard InChI is InChI=1S/C36H23N3O3S/c1-23-21-28(18-15-24(23)22-37)43(40,41)27-19-16-26(17-20-27)39-32-14-8-6-12-30(32)34-33-29-11-5-7-13-31(29)38(35(33)42-36(34)39)25-9-3-2-4-10-25/h2-21H,1H3. The molecule has 0 fully saturated rings. The Morgan fingerprint density at radius 3 is 1.70 bits per heavy atom. The van der Waals surface area contributed by atoms with Gasteiger partial charge in [0, 0.05) is 22.1 Å². The number of benzene rings is 5. The van der Waals surface area contributed by atoms with E-state index in [0.29, 0.717) is 16.8 Å². The van der Waals surface area contributed by atoms with Gasteiger partial charge in [-0.2, -0.15) is 5.26 Å². The van der Waals surface area contributed by atoms with Crippen molar-refractivity contribution >= 4 is 53.8 Å². The summed E-state index contributed by atoms with van der Waals surface area (Å²) in [4.78, 5) is 0.340. The van der Waals surface area contributed by atoms with E-state index in [4.69, 9.17) is 4.42 Å². The summed E-state index contributed by atoms with van der Waals surface area (Å²) in [6, 6.07) is 40.2. The summed E-state index contributed by atoms with van der Waals surface area (Å²) in [5.41, 5.74) is 6.35. The number of furan rings is 1. The Morgan fingerprint density at radius 2 is 1.14 bits per heavy atom. The fourth-order valence-electron chi connectivity index (χ4n) is 6.13. The molecule has 0 N–H and O–H groups in total. The van der Waals surface area contributed by atoms with Crippen LogP contribution in [0.25, 0.3) is 55.4 Å². The molecule has 0 bridgehead atoms. The van der Waals surface area contributed by atoms with Gasteiger partial charge < -0.3 is 4.42 Å². The maximum absolute atomic E-state index is 13.5. The molecular weight excluding hydrogens is 554 g/mol. The van der Waals surface area contributed by atoms with Crippen LogP contribution in [-0.4, -0.2) is 17.6 Å². The minimum Gasteiger partial charge on any atom is -0.422 e. The van der Waals surface area contributed by atoms with Crippen LogP contribution >= 0.6 is 0 Å². The third-order valence-electron chi connectivity index (χ3n) is 8.15. The maximum atomic E-state index is 13.5. The molecule has 3 aromatic heterocycles. The van der Waals surface area contributed by atoms with Crippen LogP contribution < -0.4 is 0 Å². The van der Waals surface area contributed by atoms with Crippen molar-refractivity contribution in [1.29, 1.82) is 5.26 Å². The zero-order valence-corrected chi connectivity index (χ0v) is 23.8. The molecule has 6 nitrogen and oxygen atoms in total. The number of hydrogen-bond acceptors (Lipinski definition) is 4. The summed E-state index contributed by atoms with van der Waals surface area (Å²) in [6.07, 6.45) is 0. The van der Waals surface area contributed by atoms with E-state index in [9.17, 15) is 13.7 Å². The van der Waals surface area contributed by atoms with Crippen LogP contribution in [0, 0.1) is 18.3 Å². The Hall–Kier alpha value is -5.58. The molecule has 206 valence electrons. The molecule has 0 atom stereocenters. The summed E-state index contributed by atoms with van der Waals surface area (Å²) in [5, 5.41) is 13.5. The molecule has 0 aliphatic rings. The van der Waals surface area contributed by atoms with Gasteiger partial charge in [0.2, 0.25) is 21.3 Å². The predicted octanol–water partition coefficient (Wildman–Crippen LogP) is 8.49. The van der Waals surface area contributed by atoms with Crippen molar-refractivity contribution in [1.82, 2.24) is 9.13 Å². The van der Waals surface area contributed by atoms with E-state index in [-0.39, 0.29) is 9.79 Å². The Balaban J connectivity index is 1.36. The molecule has 8 aromatic rings. The lowest BCUT2D eigenvalue weighted by atomic mass is 10.1. The van der Waals surface area contributed by atoms with Crippen LogP contribution in [0.5, 0.6) is 0 Å². The highest BCUT2D eigenvalue weighted by atomic mass is 32.2. The van der Waals surface area contributed by atoms with Crippen molar-refractivity contribution in [3.63, 3.8) is 0 Å². The predicted molar refractivity (Wildman–Crippen MR) is 169 cm³/mol. The number of aromatic nitrogens is 2. The molecule has 0 unspecified atom stereocenters. The number of sulfone groups is 1. The van der Waals surface area contributed by atoms with Crippen LogP contribution in [0.15, 0.2) is 136 Å². The van der Waals surface area contributed by atoms with E-state index in [2.05, 4.69) is 51.6 Å². The smallest absolute Gasteiger partial charge is 0.215 e. The maximum Gasteiger partial charge on any atom is 0.215 e. The van der Waals surface area contributed by atoms with Crippen molar-refractivity contribution in [3.05, 3.63) is 132 Å². The highest BCUT2D eigenvalue weighted by molar-refractivity contribution is 7.91. The average Bonchev–Trinajstić information content (AvgIpc) is 3.67. The van der Waals surface area contributed by atoms with Gasteiger partial charge >= 0.3 is 0 Å². The number of rotatable bonds is 4. The Morgan fingerprint density at radius 1 is 0.628 bits per heavy atom. The van der Waals surface area contributed by atoms with Gasteiger partial charge in [0.1, 0.15) is 0 Å². The third-order valence-corrected chi connectivity index (χ3v) is 9.92. The Bertz CT molecular complexity index is 2530. The molecule has 0 radical (unpaired) electrons. The molecule has 8 rings (SSSR count). The molecule has 0 spiro atoms. The minimum absolute atomic E-state index is 0.160. The molecule has 0 amide bonds. The van der Waals surface area contributed by atoms with E-state index in [0.717, 1.165) is 49.7 Å². The van der Waals surface area contributed by atoms with Crippen molar-refractivity contribution in [2.75, 3.05) is 0 Å². The topological polar surface area (TPSA) is 80.9 Å². The van der Waals surface area contributed by atoms with E-state index in [1.165, 1.54) is 6.07 Å². The highest BCUT2D eigenvalue weighted by Crippen LogP contribution is 2.44. The molecule has 0 saturated heterocycles. The monoisotopic (exact) mass is 577 g/mol. The second-order valence-corrected chi connectivity index (χ2v) is 12.5. The van der Waals surface area contributed by atoms with Crippen LogP contribution in [0.4, 0.5) is 0 Å². The van der Waals surface area contributed by atoms with Gasteiger partial charge in [0.15, 0.2) is 0 Å². The number of aryl methyl sites for hydroxylation is 1.